The zero-order valence-corrected chi connectivity index (χ0v) is 19.1. The number of nitrogens with one attached hydrogen (secondary N) is 1. The highest BCUT2D eigenvalue weighted by molar-refractivity contribution is 5.90. The van der Waals surface area contributed by atoms with Crippen LogP contribution in [0.15, 0.2) is 48.5 Å². The summed E-state index contributed by atoms with van der Waals surface area (Å²) in [6, 6.07) is 14.0. The van der Waals surface area contributed by atoms with Crippen molar-refractivity contribution in [1.29, 1.82) is 0 Å². The average molecular weight is 467 g/mol. The summed E-state index contributed by atoms with van der Waals surface area (Å²) in [7, 11) is 0. The number of aliphatic hydroxyl groups excluding tert-OH is 1. The molecule has 2 amide bonds. The molecule has 1 aliphatic heterocycles. The van der Waals surface area contributed by atoms with Crippen molar-refractivity contribution in [3.8, 4) is 11.1 Å². The molecule has 0 spiro atoms. The number of likely N-dealkylation sites (tertiary alicyclic amines) is 1. The van der Waals surface area contributed by atoms with Crippen LogP contribution >= 0.6 is 0 Å². The third-order valence-corrected chi connectivity index (χ3v) is 6.63. The van der Waals surface area contributed by atoms with Gasteiger partial charge in [-0.2, -0.15) is 0 Å². The van der Waals surface area contributed by atoms with E-state index >= 15 is 0 Å². The molecule has 34 heavy (non-hydrogen) atoms. The molecule has 0 aromatic heterocycles. The number of fused-ring (bicyclic) bond motifs is 3. The van der Waals surface area contributed by atoms with Gasteiger partial charge in [0.2, 0.25) is 5.91 Å². The fourth-order valence-corrected chi connectivity index (χ4v) is 4.94. The van der Waals surface area contributed by atoms with Crippen molar-refractivity contribution in [2.75, 3.05) is 13.2 Å². The Bertz CT molecular complexity index is 1030. The van der Waals surface area contributed by atoms with Gasteiger partial charge < -0.3 is 25.2 Å². The van der Waals surface area contributed by atoms with Gasteiger partial charge in [-0.3, -0.25) is 4.79 Å². The highest BCUT2D eigenvalue weighted by atomic mass is 16.5. The van der Waals surface area contributed by atoms with E-state index in [1.165, 1.54) is 0 Å². The van der Waals surface area contributed by atoms with E-state index in [0.717, 1.165) is 33.6 Å². The number of ether oxygens (including phenoxy) is 1. The third kappa shape index (κ3) is 4.77. The summed E-state index contributed by atoms with van der Waals surface area (Å²) >= 11 is 0. The lowest BCUT2D eigenvalue weighted by Gasteiger charge is -2.27. The quantitative estimate of drug-likeness (QED) is 0.551. The summed E-state index contributed by atoms with van der Waals surface area (Å²) in [6.07, 6.45) is 0.203. The van der Waals surface area contributed by atoms with Gasteiger partial charge in [0.05, 0.1) is 6.10 Å². The van der Waals surface area contributed by atoms with Crippen LogP contribution in [0.4, 0.5) is 4.79 Å². The number of alkyl carbamates (subject to hydrolysis) is 1. The van der Waals surface area contributed by atoms with E-state index in [-0.39, 0.29) is 25.5 Å². The summed E-state index contributed by atoms with van der Waals surface area (Å²) in [5, 5.41) is 22.0. The number of β-amino-alcohol motifs (C(OH)–C–C–N with tert-alkyl or cyclic N) is 1. The van der Waals surface area contributed by atoms with E-state index < -0.39 is 36.2 Å². The second-order valence-electron chi connectivity index (χ2n) is 8.90. The molecular formula is C26H30N2O6. The lowest BCUT2D eigenvalue weighted by molar-refractivity contribution is -0.149. The van der Waals surface area contributed by atoms with Gasteiger partial charge in [-0.15, -0.1) is 0 Å². The zero-order chi connectivity index (χ0) is 24.2. The van der Waals surface area contributed by atoms with Crippen LogP contribution < -0.4 is 5.32 Å². The van der Waals surface area contributed by atoms with Crippen LogP contribution in [0.3, 0.4) is 0 Å². The summed E-state index contributed by atoms with van der Waals surface area (Å²) in [6.45, 7) is 2.02. The number of unbranched alkanes of at least 4 members (excludes halogenated alkanes) is 1. The molecule has 0 bridgehead atoms. The molecule has 0 radical (unpaired) electrons. The normalized spacial score (nSPS) is 19.9. The van der Waals surface area contributed by atoms with Crippen molar-refractivity contribution in [3.63, 3.8) is 0 Å². The van der Waals surface area contributed by atoms with Crippen LogP contribution in [-0.2, 0) is 14.3 Å². The molecule has 1 saturated heterocycles. The summed E-state index contributed by atoms with van der Waals surface area (Å²) in [5.41, 5.74) is 4.42. The number of amides is 2. The SMILES string of the molecule is CCCCC(NC(=O)OCC1c2ccccc2-c2ccccc21)C(=O)N1C[C@@H](O)C[C@H]1C(=O)O. The van der Waals surface area contributed by atoms with E-state index in [1.807, 2.05) is 43.3 Å². The van der Waals surface area contributed by atoms with Crippen LogP contribution in [0.5, 0.6) is 0 Å². The number of aliphatic carboxylic acids is 1. The Morgan fingerprint density at radius 2 is 1.71 bits per heavy atom. The molecule has 3 atom stereocenters. The topological polar surface area (TPSA) is 116 Å². The molecule has 2 aromatic rings. The molecule has 2 aliphatic rings. The van der Waals surface area contributed by atoms with Gasteiger partial charge in [0, 0.05) is 18.9 Å². The van der Waals surface area contributed by atoms with Crippen LogP contribution in [-0.4, -0.2) is 64.4 Å². The van der Waals surface area contributed by atoms with Crippen LogP contribution in [0, 0.1) is 0 Å². The number of carboxylic acid groups (broad SMARTS) is 1. The fraction of sp³-hybridized carbons (Fsp3) is 0.423. The van der Waals surface area contributed by atoms with Gasteiger partial charge in [-0.25, -0.2) is 9.59 Å². The van der Waals surface area contributed by atoms with Crippen LogP contribution in [0.25, 0.3) is 11.1 Å². The Labute approximate surface area is 198 Å². The Balaban J connectivity index is 1.44. The molecule has 1 heterocycles. The van der Waals surface area contributed by atoms with Crippen molar-refractivity contribution >= 4 is 18.0 Å². The van der Waals surface area contributed by atoms with Gasteiger partial charge >= 0.3 is 12.1 Å². The maximum atomic E-state index is 13.1. The minimum atomic E-state index is -1.17. The van der Waals surface area contributed by atoms with Crippen molar-refractivity contribution in [3.05, 3.63) is 59.7 Å². The minimum Gasteiger partial charge on any atom is -0.480 e. The van der Waals surface area contributed by atoms with Crippen molar-refractivity contribution in [2.24, 2.45) is 0 Å². The van der Waals surface area contributed by atoms with E-state index in [0.29, 0.717) is 12.8 Å². The number of hydrogen-bond donors (Lipinski definition) is 3. The number of nitrogens with zero attached hydrogens (tertiary/aromatic N) is 1. The number of aliphatic hydroxyl groups is 1. The highest BCUT2D eigenvalue weighted by Crippen LogP contribution is 2.44. The molecule has 2 aromatic carbocycles. The van der Waals surface area contributed by atoms with Gasteiger partial charge in [0.25, 0.3) is 0 Å². The van der Waals surface area contributed by atoms with Gasteiger partial charge in [-0.1, -0.05) is 68.3 Å². The summed E-state index contributed by atoms with van der Waals surface area (Å²) in [4.78, 5) is 38.5. The van der Waals surface area contributed by atoms with E-state index in [9.17, 15) is 24.6 Å². The second-order valence-corrected chi connectivity index (χ2v) is 8.90. The molecule has 1 unspecified atom stereocenters. The van der Waals surface area contributed by atoms with E-state index in [1.54, 1.807) is 0 Å². The molecule has 8 heteroatoms. The molecule has 180 valence electrons. The highest BCUT2D eigenvalue weighted by Gasteiger charge is 2.41. The third-order valence-electron chi connectivity index (χ3n) is 6.63. The maximum absolute atomic E-state index is 13.1. The molecule has 3 N–H and O–H groups in total. The fourth-order valence-electron chi connectivity index (χ4n) is 4.94. The number of carboxylic acids is 1. The molecule has 8 nitrogen and oxygen atoms in total. The van der Waals surface area contributed by atoms with Crippen molar-refractivity contribution in [1.82, 2.24) is 10.2 Å². The Morgan fingerprint density at radius 3 is 2.29 bits per heavy atom. The maximum Gasteiger partial charge on any atom is 0.407 e. The van der Waals surface area contributed by atoms with Gasteiger partial charge in [0.1, 0.15) is 18.7 Å². The molecule has 1 aliphatic carbocycles. The standard InChI is InChI=1S/C26H30N2O6/c1-2-3-12-22(24(30)28-14-16(29)13-23(28)25(31)32)27-26(33)34-15-21-19-10-6-4-8-17(19)18-9-5-7-11-20(18)21/h4-11,16,21-23,29H,2-3,12-15H2,1H3,(H,27,33)(H,31,32)/t16-,22?,23-/m0/s1. The van der Waals surface area contributed by atoms with Crippen molar-refractivity contribution < 1.29 is 29.3 Å². The Hall–Kier alpha value is -3.39. The Morgan fingerprint density at radius 1 is 1.09 bits per heavy atom. The first-order valence-corrected chi connectivity index (χ1v) is 11.7. The zero-order valence-electron chi connectivity index (χ0n) is 19.1. The predicted molar refractivity (Wildman–Crippen MR) is 125 cm³/mol. The lowest BCUT2D eigenvalue weighted by Crippen LogP contribution is -2.52. The first-order chi connectivity index (χ1) is 16.4. The van der Waals surface area contributed by atoms with Crippen molar-refractivity contribution in [2.45, 2.75) is 56.7 Å². The van der Waals surface area contributed by atoms with Crippen LogP contribution in [0.2, 0.25) is 0 Å². The average Bonchev–Trinajstić information content (AvgIpc) is 3.38. The first-order valence-electron chi connectivity index (χ1n) is 11.7. The number of hydrogen-bond acceptors (Lipinski definition) is 5. The summed E-state index contributed by atoms with van der Waals surface area (Å²) in [5.74, 6) is -1.78. The summed E-state index contributed by atoms with van der Waals surface area (Å²) < 4.78 is 5.57. The van der Waals surface area contributed by atoms with E-state index in [4.69, 9.17) is 4.74 Å². The monoisotopic (exact) mass is 466 g/mol. The minimum absolute atomic E-state index is 0.0213. The molecule has 0 saturated carbocycles. The van der Waals surface area contributed by atoms with Crippen LogP contribution in [0.1, 0.15) is 49.7 Å². The lowest BCUT2D eigenvalue weighted by atomic mass is 9.98. The van der Waals surface area contributed by atoms with E-state index in [2.05, 4.69) is 17.4 Å². The number of carbonyl (C=O) groups is 3. The molecule has 1 fully saturated rings. The second kappa shape index (κ2) is 10.3. The van der Waals surface area contributed by atoms with Gasteiger partial charge in [0.15, 0.2) is 0 Å². The predicted octanol–water partition coefficient (Wildman–Crippen LogP) is 3.13. The smallest absolute Gasteiger partial charge is 0.407 e. The molecular weight excluding hydrogens is 436 g/mol. The number of benzene rings is 2. The first kappa shape index (κ1) is 23.8. The number of rotatable bonds is 8. The molecule has 4 rings (SSSR count). The Kier molecular flexibility index (Phi) is 7.17. The largest absolute Gasteiger partial charge is 0.480 e. The van der Waals surface area contributed by atoms with Gasteiger partial charge in [-0.05, 0) is 28.7 Å². The number of carbonyl (C=O) groups excluding carboxylic acids is 2.